The summed E-state index contributed by atoms with van der Waals surface area (Å²) < 4.78 is 5.74. The van der Waals surface area contributed by atoms with Crippen LogP contribution in [0.5, 0.6) is 5.75 Å². The minimum absolute atomic E-state index is 0.672. The van der Waals surface area contributed by atoms with E-state index in [-0.39, 0.29) is 0 Å². The smallest absolute Gasteiger partial charge is 0.122 e. The Morgan fingerprint density at radius 3 is 2.72 bits per heavy atom. The van der Waals surface area contributed by atoms with E-state index in [1.165, 1.54) is 11.1 Å². The molecule has 0 heterocycles. The third-order valence-electron chi connectivity index (χ3n) is 3.16. The molecule has 0 aliphatic heterocycles. The SMILES string of the molecule is Cc1cccc(OCCCCC(C)(N)C#N)c1C. The normalized spacial score (nSPS) is 13.7. The number of nitrogens with two attached hydrogens (primary N) is 1. The summed E-state index contributed by atoms with van der Waals surface area (Å²) in [6, 6.07) is 8.18. The van der Waals surface area contributed by atoms with Crippen LogP contribution in [0.2, 0.25) is 0 Å². The van der Waals surface area contributed by atoms with Gasteiger partial charge in [0.25, 0.3) is 0 Å². The molecular weight excluding hydrogens is 224 g/mol. The van der Waals surface area contributed by atoms with Gasteiger partial charge in [-0.25, -0.2) is 0 Å². The van der Waals surface area contributed by atoms with E-state index in [0.717, 1.165) is 18.6 Å². The Balaban J connectivity index is 2.31. The Kier molecular flexibility index (Phi) is 5.18. The Bertz CT molecular complexity index is 433. The first-order valence-electron chi connectivity index (χ1n) is 6.35. The van der Waals surface area contributed by atoms with Crippen molar-refractivity contribution >= 4 is 0 Å². The predicted molar refractivity (Wildman–Crippen MR) is 73.5 cm³/mol. The maximum Gasteiger partial charge on any atom is 0.122 e. The van der Waals surface area contributed by atoms with Crippen molar-refractivity contribution < 1.29 is 4.74 Å². The van der Waals surface area contributed by atoms with Crippen LogP contribution in [-0.2, 0) is 0 Å². The lowest BCUT2D eigenvalue weighted by molar-refractivity contribution is 0.299. The molecular formula is C15H22N2O. The summed E-state index contributed by atoms with van der Waals surface area (Å²) in [7, 11) is 0. The van der Waals surface area contributed by atoms with Gasteiger partial charge in [0.2, 0.25) is 0 Å². The molecule has 1 unspecified atom stereocenters. The highest BCUT2D eigenvalue weighted by Gasteiger charge is 2.15. The molecule has 3 heteroatoms. The van der Waals surface area contributed by atoms with Gasteiger partial charge < -0.3 is 10.5 Å². The minimum Gasteiger partial charge on any atom is -0.493 e. The van der Waals surface area contributed by atoms with Crippen molar-refractivity contribution in [2.45, 2.75) is 45.6 Å². The van der Waals surface area contributed by atoms with E-state index in [4.69, 9.17) is 15.7 Å². The first-order chi connectivity index (χ1) is 8.46. The maximum absolute atomic E-state index is 8.79. The summed E-state index contributed by atoms with van der Waals surface area (Å²) in [6.07, 6.45) is 2.53. The molecule has 0 aromatic heterocycles. The lowest BCUT2D eigenvalue weighted by Crippen LogP contribution is -2.33. The highest BCUT2D eigenvalue weighted by molar-refractivity contribution is 5.38. The summed E-state index contributed by atoms with van der Waals surface area (Å²) in [6.45, 7) is 6.58. The van der Waals surface area contributed by atoms with E-state index < -0.39 is 5.54 Å². The first kappa shape index (κ1) is 14.5. The molecule has 0 aliphatic rings. The van der Waals surface area contributed by atoms with Crippen LogP contribution in [0.15, 0.2) is 18.2 Å². The number of nitrogens with zero attached hydrogens (tertiary/aromatic N) is 1. The average molecular weight is 246 g/mol. The molecule has 1 aromatic rings. The molecule has 0 radical (unpaired) electrons. The van der Waals surface area contributed by atoms with Crippen LogP contribution in [0, 0.1) is 25.2 Å². The second-order valence-corrected chi connectivity index (χ2v) is 5.03. The van der Waals surface area contributed by atoms with Crippen molar-refractivity contribution in [3.05, 3.63) is 29.3 Å². The molecule has 0 aliphatic carbocycles. The summed E-state index contributed by atoms with van der Waals surface area (Å²) in [4.78, 5) is 0. The standard InChI is InChI=1S/C15H22N2O/c1-12-7-6-8-14(13(12)2)18-10-5-4-9-15(3,17)11-16/h6-8H,4-5,9-10,17H2,1-3H3. The molecule has 1 aromatic carbocycles. The van der Waals surface area contributed by atoms with Crippen molar-refractivity contribution in [1.82, 2.24) is 0 Å². The zero-order valence-electron chi connectivity index (χ0n) is 11.5. The van der Waals surface area contributed by atoms with Gasteiger partial charge in [-0.3, -0.25) is 0 Å². The third kappa shape index (κ3) is 4.38. The zero-order chi connectivity index (χ0) is 13.6. The monoisotopic (exact) mass is 246 g/mol. The van der Waals surface area contributed by atoms with E-state index in [1.807, 2.05) is 12.1 Å². The van der Waals surface area contributed by atoms with Gasteiger partial charge in [0.15, 0.2) is 0 Å². The number of nitriles is 1. The molecule has 0 saturated heterocycles. The summed E-state index contributed by atoms with van der Waals surface area (Å²) in [5, 5.41) is 8.79. The van der Waals surface area contributed by atoms with Crippen molar-refractivity contribution in [3.8, 4) is 11.8 Å². The van der Waals surface area contributed by atoms with Gasteiger partial charge in [-0.2, -0.15) is 5.26 Å². The van der Waals surface area contributed by atoms with Gasteiger partial charge in [0, 0.05) is 0 Å². The largest absolute Gasteiger partial charge is 0.493 e. The number of rotatable bonds is 6. The molecule has 98 valence electrons. The predicted octanol–water partition coefficient (Wildman–Crippen LogP) is 3.09. The topological polar surface area (TPSA) is 59.0 Å². The van der Waals surface area contributed by atoms with Crippen molar-refractivity contribution in [2.75, 3.05) is 6.61 Å². The van der Waals surface area contributed by atoms with Crippen LogP contribution in [-0.4, -0.2) is 12.1 Å². The summed E-state index contributed by atoms with van der Waals surface area (Å²) in [5.74, 6) is 0.950. The van der Waals surface area contributed by atoms with Gasteiger partial charge in [-0.1, -0.05) is 12.1 Å². The first-order valence-corrected chi connectivity index (χ1v) is 6.35. The van der Waals surface area contributed by atoms with Crippen LogP contribution >= 0.6 is 0 Å². The summed E-state index contributed by atoms with van der Waals surface area (Å²) in [5.41, 5.74) is 7.48. The van der Waals surface area contributed by atoms with E-state index in [2.05, 4.69) is 26.0 Å². The quantitative estimate of drug-likeness (QED) is 0.785. The van der Waals surface area contributed by atoms with E-state index in [9.17, 15) is 0 Å². The van der Waals surface area contributed by atoms with Crippen molar-refractivity contribution in [2.24, 2.45) is 5.73 Å². The Morgan fingerprint density at radius 2 is 2.06 bits per heavy atom. The minimum atomic E-state index is -0.709. The zero-order valence-corrected chi connectivity index (χ0v) is 11.5. The molecule has 0 bridgehead atoms. The molecule has 0 saturated carbocycles. The van der Waals surface area contributed by atoms with Crippen LogP contribution in [0.4, 0.5) is 0 Å². The lowest BCUT2D eigenvalue weighted by atomic mass is 9.98. The second kappa shape index (κ2) is 6.42. The lowest BCUT2D eigenvalue weighted by Gasteiger charge is -2.15. The average Bonchev–Trinajstić information content (AvgIpc) is 2.34. The highest BCUT2D eigenvalue weighted by atomic mass is 16.5. The molecule has 0 amide bonds. The van der Waals surface area contributed by atoms with Crippen molar-refractivity contribution in [3.63, 3.8) is 0 Å². The molecule has 18 heavy (non-hydrogen) atoms. The van der Waals surface area contributed by atoms with Crippen LogP contribution in [0.1, 0.15) is 37.3 Å². The fraction of sp³-hybridized carbons (Fsp3) is 0.533. The molecule has 1 atom stereocenters. The second-order valence-electron chi connectivity index (χ2n) is 5.03. The van der Waals surface area contributed by atoms with Gasteiger partial charge in [0.1, 0.15) is 11.3 Å². The highest BCUT2D eigenvalue weighted by Crippen LogP contribution is 2.21. The Hall–Kier alpha value is -1.53. The van der Waals surface area contributed by atoms with Crippen LogP contribution < -0.4 is 10.5 Å². The molecule has 3 nitrogen and oxygen atoms in total. The van der Waals surface area contributed by atoms with Gasteiger partial charge in [-0.15, -0.1) is 0 Å². The third-order valence-corrected chi connectivity index (χ3v) is 3.16. The molecule has 1 rings (SSSR count). The van der Waals surface area contributed by atoms with E-state index >= 15 is 0 Å². The number of hydrogen-bond donors (Lipinski definition) is 1. The molecule has 2 N–H and O–H groups in total. The van der Waals surface area contributed by atoms with Gasteiger partial charge in [0.05, 0.1) is 12.7 Å². The molecule has 0 fully saturated rings. The van der Waals surface area contributed by atoms with Gasteiger partial charge >= 0.3 is 0 Å². The Morgan fingerprint density at radius 1 is 1.33 bits per heavy atom. The Labute approximate surface area is 110 Å². The number of hydrogen-bond acceptors (Lipinski definition) is 3. The van der Waals surface area contributed by atoms with Crippen LogP contribution in [0.25, 0.3) is 0 Å². The van der Waals surface area contributed by atoms with Crippen molar-refractivity contribution in [1.29, 1.82) is 5.26 Å². The fourth-order valence-corrected chi connectivity index (χ4v) is 1.71. The van der Waals surface area contributed by atoms with Crippen LogP contribution in [0.3, 0.4) is 0 Å². The number of aryl methyl sites for hydroxylation is 1. The molecule has 0 spiro atoms. The van der Waals surface area contributed by atoms with E-state index in [1.54, 1.807) is 6.92 Å². The number of benzene rings is 1. The van der Waals surface area contributed by atoms with Gasteiger partial charge in [-0.05, 0) is 57.2 Å². The maximum atomic E-state index is 8.79. The number of ether oxygens (including phenoxy) is 1. The fourth-order valence-electron chi connectivity index (χ4n) is 1.71. The number of unbranched alkanes of at least 4 members (excludes halogenated alkanes) is 1. The van der Waals surface area contributed by atoms with E-state index in [0.29, 0.717) is 13.0 Å². The summed E-state index contributed by atoms with van der Waals surface area (Å²) >= 11 is 0.